The molecule has 0 fully saturated rings. The number of aromatic nitrogens is 3. The fourth-order valence-corrected chi connectivity index (χ4v) is 2.75. The summed E-state index contributed by atoms with van der Waals surface area (Å²) >= 11 is 0. The number of pyridine rings is 1. The summed E-state index contributed by atoms with van der Waals surface area (Å²) in [4.78, 5) is 32.0. The molecule has 2 heterocycles. The van der Waals surface area contributed by atoms with E-state index in [4.69, 9.17) is 0 Å². The van der Waals surface area contributed by atoms with Crippen molar-refractivity contribution >= 4 is 6.41 Å². The third-order valence-corrected chi connectivity index (χ3v) is 4.13. The van der Waals surface area contributed by atoms with Gasteiger partial charge in [0.2, 0.25) is 6.41 Å². The van der Waals surface area contributed by atoms with E-state index in [1.54, 1.807) is 0 Å². The number of nitrogens with zero attached hydrogens (tertiary/aromatic N) is 2. The van der Waals surface area contributed by atoms with Crippen LogP contribution in [0, 0.1) is 0 Å². The molecule has 0 unspecified atom stereocenters. The molecule has 0 radical (unpaired) electrons. The molecule has 1 amide bonds. The zero-order valence-corrected chi connectivity index (χ0v) is 15.3. The zero-order chi connectivity index (χ0) is 22.8. The number of nitrogens with one attached hydrogen (secondary N) is 2. The number of amides is 1. The smallest absolute Gasteiger partial charge is 0.355 e. The lowest BCUT2D eigenvalue weighted by atomic mass is 10.0. The number of alkyl halides is 6. The number of H-pyrrole nitrogens is 1. The molecule has 0 aliphatic rings. The first-order valence-corrected chi connectivity index (χ1v) is 8.51. The zero-order valence-electron chi connectivity index (χ0n) is 15.3. The van der Waals surface area contributed by atoms with Gasteiger partial charge in [-0.2, -0.15) is 26.3 Å². The Labute approximate surface area is 170 Å². The molecule has 0 spiro atoms. The molecule has 0 bridgehead atoms. The summed E-state index contributed by atoms with van der Waals surface area (Å²) in [6, 6.07) is 5.65. The lowest BCUT2D eigenvalue weighted by Crippen LogP contribution is -2.15. The van der Waals surface area contributed by atoms with Gasteiger partial charge in [0.05, 0.1) is 11.3 Å². The van der Waals surface area contributed by atoms with Crippen LogP contribution >= 0.6 is 0 Å². The second-order valence-electron chi connectivity index (χ2n) is 6.29. The van der Waals surface area contributed by atoms with Crippen molar-refractivity contribution in [3.05, 3.63) is 69.8 Å². The molecule has 12 heteroatoms. The molecule has 0 saturated carbocycles. The van der Waals surface area contributed by atoms with Crippen LogP contribution in [-0.4, -0.2) is 21.4 Å². The molecular weight excluding hydrogens is 430 g/mol. The van der Waals surface area contributed by atoms with Gasteiger partial charge in [0.1, 0.15) is 11.5 Å². The number of carbonyl (C=O) groups is 1. The summed E-state index contributed by atoms with van der Waals surface area (Å²) in [6.07, 6.45) is -8.27. The van der Waals surface area contributed by atoms with Crippen LogP contribution in [0.3, 0.4) is 0 Å². The maximum Gasteiger partial charge on any atom is 0.433 e. The molecule has 0 aliphatic heterocycles. The Kier molecular flexibility index (Phi) is 5.82. The highest BCUT2D eigenvalue weighted by Gasteiger charge is 2.35. The minimum Gasteiger partial charge on any atom is -0.355 e. The quantitative estimate of drug-likeness (QED) is 0.465. The number of benzene rings is 1. The largest absolute Gasteiger partial charge is 0.433 e. The molecule has 162 valence electrons. The second-order valence-corrected chi connectivity index (χ2v) is 6.29. The van der Waals surface area contributed by atoms with Crippen molar-refractivity contribution in [2.45, 2.75) is 18.9 Å². The van der Waals surface area contributed by atoms with Crippen molar-refractivity contribution in [2.24, 2.45) is 0 Å². The Morgan fingerprint density at radius 2 is 1.74 bits per heavy atom. The van der Waals surface area contributed by atoms with Gasteiger partial charge in [0, 0.05) is 29.9 Å². The molecule has 2 aromatic heterocycles. The number of halogens is 6. The van der Waals surface area contributed by atoms with Crippen LogP contribution in [-0.2, 0) is 23.7 Å². The van der Waals surface area contributed by atoms with Crippen LogP contribution in [0.4, 0.5) is 26.3 Å². The Hall–Kier alpha value is -3.70. The first kappa shape index (κ1) is 22.0. The Morgan fingerprint density at radius 3 is 2.32 bits per heavy atom. The Balaban J connectivity index is 2.13. The van der Waals surface area contributed by atoms with Crippen molar-refractivity contribution in [3.63, 3.8) is 0 Å². The number of hydrogen-bond acceptors (Lipinski definition) is 4. The Morgan fingerprint density at radius 1 is 1.00 bits per heavy atom. The molecule has 0 saturated heterocycles. The van der Waals surface area contributed by atoms with E-state index in [1.807, 2.05) is 0 Å². The van der Waals surface area contributed by atoms with E-state index in [0.29, 0.717) is 18.0 Å². The van der Waals surface area contributed by atoms with Gasteiger partial charge in [-0.15, -0.1) is 0 Å². The average Bonchev–Trinajstić information content (AvgIpc) is 2.70. The minimum absolute atomic E-state index is 0.00712. The lowest BCUT2D eigenvalue weighted by molar-refractivity contribution is -0.141. The summed E-state index contributed by atoms with van der Waals surface area (Å²) in [5.74, 6) is -0.442. The predicted molar refractivity (Wildman–Crippen MR) is 96.4 cm³/mol. The highest BCUT2D eigenvalue weighted by atomic mass is 19.4. The highest BCUT2D eigenvalue weighted by Crippen LogP contribution is 2.37. The van der Waals surface area contributed by atoms with Gasteiger partial charge < -0.3 is 10.3 Å². The van der Waals surface area contributed by atoms with Gasteiger partial charge >= 0.3 is 12.4 Å². The van der Waals surface area contributed by atoms with Gasteiger partial charge in [0.15, 0.2) is 0 Å². The summed E-state index contributed by atoms with van der Waals surface area (Å²) in [5, 5.41) is 2.31. The third kappa shape index (κ3) is 5.08. The van der Waals surface area contributed by atoms with E-state index >= 15 is 0 Å². The molecule has 0 aliphatic carbocycles. The van der Waals surface area contributed by atoms with E-state index < -0.39 is 40.6 Å². The van der Waals surface area contributed by atoms with Crippen molar-refractivity contribution in [1.29, 1.82) is 0 Å². The molecule has 3 aromatic rings. The second kappa shape index (κ2) is 8.20. The molecule has 0 atom stereocenters. The standard InChI is InChI=1S/C19H12F6N4O2/c20-18(21,22)13-3-1-10(7-26-9-30)5-12(13)17-28-14(6-16(31)29-17)11-2-4-15(27-8-11)19(23,24)25/h1-6,8-9H,7H2,(H,26,30)(H,28,29,31). The van der Waals surface area contributed by atoms with Crippen LogP contribution in [0.5, 0.6) is 0 Å². The molecule has 6 nitrogen and oxygen atoms in total. The summed E-state index contributed by atoms with van der Waals surface area (Å²) in [7, 11) is 0. The van der Waals surface area contributed by atoms with Crippen LogP contribution in [0.15, 0.2) is 47.4 Å². The average molecular weight is 442 g/mol. The number of aromatic amines is 1. The first-order chi connectivity index (χ1) is 14.5. The molecule has 31 heavy (non-hydrogen) atoms. The van der Waals surface area contributed by atoms with E-state index in [2.05, 4.69) is 20.3 Å². The van der Waals surface area contributed by atoms with Crippen molar-refractivity contribution in [1.82, 2.24) is 20.3 Å². The molecule has 2 N–H and O–H groups in total. The maximum atomic E-state index is 13.5. The fraction of sp³-hybridized carbons (Fsp3) is 0.158. The van der Waals surface area contributed by atoms with Crippen molar-refractivity contribution < 1.29 is 31.1 Å². The van der Waals surface area contributed by atoms with Gasteiger partial charge in [-0.3, -0.25) is 14.6 Å². The van der Waals surface area contributed by atoms with E-state index in [-0.39, 0.29) is 17.8 Å². The predicted octanol–water partition coefficient (Wildman–Crippen LogP) is 3.78. The minimum atomic E-state index is -4.78. The molecule has 3 rings (SSSR count). The van der Waals surface area contributed by atoms with Crippen LogP contribution in [0.1, 0.15) is 16.8 Å². The van der Waals surface area contributed by atoms with Crippen LogP contribution < -0.4 is 10.9 Å². The maximum absolute atomic E-state index is 13.5. The fourth-order valence-electron chi connectivity index (χ4n) is 2.75. The molecule has 1 aromatic carbocycles. The van der Waals surface area contributed by atoms with Gasteiger partial charge in [-0.05, 0) is 29.8 Å². The summed E-state index contributed by atoms with van der Waals surface area (Å²) in [6.45, 7) is -0.0681. The monoisotopic (exact) mass is 442 g/mol. The molecular formula is C19H12F6N4O2. The van der Waals surface area contributed by atoms with E-state index in [0.717, 1.165) is 36.5 Å². The summed E-state index contributed by atoms with van der Waals surface area (Å²) < 4.78 is 78.5. The van der Waals surface area contributed by atoms with Crippen LogP contribution in [0.2, 0.25) is 0 Å². The van der Waals surface area contributed by atoms with Gasteiger partial charge in [0.25, 0.3) is 5.56 Å². The highest BCUT2D eigenvalue weighted by molar-refractivity contribution is 5.66. The van der Waals surface area contributed by atoms with E-state index in [1.165, 1.54) is 0 Å². The van der Waals surface area contributed by atoms with Crippen LogP contribution in [0.25, 0.3) is 22.6 Å². The Bertz CT molecular complexity index is 1150. The van der Waals surface area contributed by atoms with E-state index in [9.17, 15) is 35.9 Å². The normalized spacial score (nSPS) is 11.9. The third-order valence-electron chi connectivity index (χ3n) is 4.13. The lowest BCUT2D eigenvalue weighted by Gasteiger charge is -2.14. The van der Waals surface area contributed by atoms with Gasteiger partial charge in [-0.1, -0.05) is 6.07 Å². The van der Waals surface area contributed by atoms with Crippen molar-refractivity contribution in [3.8, 4) is 22.6 Å². The summed E-state index contributed by atoms with van der Waals surface area (Å²) in [5.41, 5.74) is -3.39. The number of rotatable bonds is 5. The topological polar surface area (TPSA) is 87.7 Å². The van der Waals surface area contributed by atoms with Crippen molar-refractivity contribution in [2.75, 3.05) is 0 Å². The SMILES string of the molecule is O=CNCc1ccc(C(F)(F)F)c(-c2nc(-c3ccc(C(F)(F)F)nc3)cc(=O)[nH]2)c1. The van der Waals surface area contributed by atoms with Gasteiger partial charge in [-0.25, -0.2) is 4.98 Å². The number of hydrogen-bond donors (Lipinski definition) is 2. The number of carbonyl (C=O) groups excluding carboxylic acids is 1. The first-order valence-electron chi connectivity index (χ1n) is 8.51.